The summed E-state index contributed by atoms with van der Waals surface area (Å²) >= 11 is 0. The molecule has 5 heteroatoms. The number of aliphatic hydroxyl groups is 1. The van der Waals surface area contributed by atoms with Crippen molar-refractivity contribution in [2.24, 2.45) is 7.05 Å². The fourth-order valence-electron chi connectivity index (χ4n) is 2.17. The van der Waals surface area contributed by atoms with E-state index in [0.717, 1.165) is 18.7 Å². The molecule has 1 aliphatic rings. The molecule has 1 aliphatic carbocycles. The molecule has 0 saturated heterocycles. The molecule has 0 unspecified atom stereocenters. The molecule has 0 radical (unpaired) electrons. The Morgan fingerprint density at radius 2 is 2.31 bits per heavy atom. The summed E-state index contributed by atoms with van der Waals surface area (Å²) in [6.45, 7) is 1.08. The fraction of sp³-hybridized carbons (Fsp3) is 0.727. The zero-order valence-electron chi connectivity index (χ0n) is 9.65. The van der Waals surface area contributed by atoms with Crippen LogP contribution in [0.2, 0.25) is 0 Å². The van der Waals surface area contributed by atoms with Crippen LogP contribution < -0.4 is 5.32 Å². The Morgan fingerprint density at radius 3 is 2.75 bits per heavy atom. The van der Waals surface area contributed by atoms with E-state index in [0.29, 0.717) is 0 Å². The second-order valence-corrected chi connectivity index (χ2v) is 4.44. The molecule has 1 fully saturated rings. The highest BCUT2D eigenvalue weighted by Crippen LogP contribution is 2.34. The zero-order valence-corrected chi connectivity index (χ0v) is 10.5. The van der Waals surface area contributed by atoms with Gasteiger partial charge in [0.1, 0.15) is 0 Å². The number of hydrogen-bond acceptors (Lipinski definition) is 3. The van der Waals surface area contributed by atoms with Gasteiger partial charge in [0.05, 0.1) is 5.69 Å². The summed E-state index contributed by atoms with van der Waals surface area (Å²) < 4.78 is 1.82. The third kappa shape index (κ3) is 2.97. The van der Waals surface area contributed by atoms with E-state index in [1.807, 2.05) is 24.0 Å². The van der Waals surface area contributed by atoms with Crippen LogP contribution in [-0.2, 0) is 13.6 Å². The Labute approximate surface area is 102 Å². The number of aromatic nitrogens is 2. The third-order valence-corrected chi connectivity index (χ3v) is 3.31. The molecule has 0 aliphatic heterocycles. The van der Waals surface area contributed by atoms with Gasteiger partial charge in [0.25, 0.3) is 0 Å². The van der Waals surface area contributed by atoms with E-state index in [4.69, 9.17) is 5.11 Å². The van der Waals surface area contributed by atoms with E-state index in [9.17, 15) is 0 Å². The van der Waals surface area contributed by atoms with Crippen LogP contribution in [0.1, 0.15) is 31.4 Å². The number of rotatable bonds is 5. The monoisotopic (exact) mass is 245 g/mol. The molecule has 16 heavy (non-hydrogen) atoms. The van der Waals surface area contributed by atoms with Gasteiger partial charge in [-0.3, -0.25) is 4.68 Å². The zero-order chi connectivity index (χ0) is 10.7. The quantitative estimate of drug-likeness (QED) is 0.821. The van der Waals surface area contributed by atoms with Gasteiger partial charge in [-0.1, -0.05) is 0 Å². The molecule has 2 rings (SSSR count). The summed E-state index contributed by atoms with van der Waals surface area (Å²) in [6, 6.07) is 2.03. The maximum atomic E-state index is 9.01. The Balaban J connectivity index is 0.00000128. The lowest BCUT2D eigenvalue weighted by Gasteiger charge is -2.42. The van der Waals surface area contributed by atoms with Crippen LogP contribution in [0.5, 0.6) is 0 Å². The van der Waals surface area contributed by atoms with Crippen LogP contribution in [0.25, 0.3) is 0 Å². The van der Waals surface area contributed by atoms with E-state index in [1.165, 1.54) is 19.3 Å². The highest BCUT2D eigenvalue weighted by atomic mass is 35.5. The van der Waals surface area contributed by atoms with Gasteiger partial charge in [0.15, 0.2) is 0 Å². The van der Waals surface area contributed by atoms with Crippen molar-refractivity contribution in [3.05, 3.63) is 18.0 Å². The Bertz CT molecular complexity index is 323. The normalized spacial score (nSPS) is 17.6. The molecule has 0 atom stereocenters. The largest absolute Gasteiger partial charge is 0.396 e. The smallest absolute Gasteiger partial charge is 0.0762 e. The summed E-state index contributed by atoms with van der Waals surface area (Å²) in [7, 11) is 1.93. The Hall–Kier alpha value is -0.580. The van der Waals surface area contributed by atoms with Gasteiger partial charge < -0.3 is 10.4 Å². The standard InChI is InChI=1S/C11H19N3O.ClH/c1-14-7-3-10(13-14)9-12-11(6-8-15)4-2-5-11;/h3,7,12,15H,2,4-6,8-9H2,1H3;1H. The average molecular weight is 246 g/mol. The highest BCUT2D eigenvalue weighted by molar-refractivity contribution is 5.85. The van der Waals surface area contributed by atoms with Crippen LogP contribution in [0.3, 0.4) is 0 Å². The van der Waals surface area contributed by atoms with Crippen LogP contribution >= 0.6 is 12.4 Å². The van der Waals surface area contributed by atoms with E-state index in [1.54, 1.807) is 0 Å². The number of nitrogens with one attached hydrogen (secondary N) is 1. The molecular weight excluding hydrogens is 226 g/mol. The Kier molecular flexibility index (Phi) is 4.77. The number of hydrogen-bond donors (Lipinski definition) is 2. The Morgan fingerprint density at radius 1 is 1.56 bits per heavy atom. The van der Waals surface area contributed by atoms with E-state index in [-0.39, 0.29) is 24.6 Å². The van der Waals surface area contributed by atoms with Gasteiger partial charge >= 0.3 is 0 Å². The van der Waals surface area contributed by atoms with Crippen molar-refractivity contribution >= 4 is 12.4 Å². The van der Waals surface area contributed by atoms with Crippen molar-refractivity contribution in [2.75, 3.05) is 6.61 Å². The number of aliphatic hydroxyl groups excluding tert-OH is 1. The van der Waals surface area contributed by atoms with Crippen molar-refractivity contribution in [3.63, 3.8) is 0 Å². The summed E-state index contributed by atoms with van der Waals surface area (Å²) in [4.78, 5) is 0. The van der Waals surface area contributed by atoms with Gasteiger partial charge in [-0.15, -0.1) is 12.4 Å². The predicted molar refractivity (Wildman–Crippen MR) is 65.6 cm³/mol. The maximum Gasteiger partial charge on any atom is 0.0762 e. The first-order valence-corrected chi connectivity index (χ1v) is 5.59. The molecule has 1 heterocycles. The molecule has 92 valence electrons. The molecule has 0 bridgehead atoms. The van der Waals surface area contributed by atoms with E-state index >= 15 is 0 Å². The molecule has 0 amide bonds. The minimum absolute atomic E-state index is 0. The average Bonchev–Trinajstić information content (AvgIpc) is 2.56. The molecular formula is C11H20ClN3O. The lowest BCUT2D eigenvalue weighted by atomic mass is 9.74. The number of halogens is 1. The SMILES string of the molecule is Cl.Cn1ccc(CNC2(CCO)CCC2)n1. The van der Waals surface area contributed by atoms with Crippen molar-refractivity contribution < 1.29 is 5.11 Å². The summed E-state index contributed by atoms with van der Waals surface area (Å²) in [6.07, 6.45) is 6.45. The molecule has 4 nitrogen and oxygen atoms in total. The highest BCUT2D eigenvalue weighted by Gasteiger charge is 2.35. The summed E-state index contributed by atoms with van der Waals surface area (Å²) in [5, 5.41) is 16.9. The van der Waals surface area contributed by atoms with Crippen molar-refractivity contribution in [3.8, 4) is 0 Å². The minimum Gasteiger partial charge on any atom is -0.396 e. The van der Waals surface area contributed by atoms with Crippen LogP contribution in [0, 0.1) is 0 Å². The van der Waals surface area contributed by atoms with E-state index in [2.05, 4.69) is 10.4 Å². The van der Waals surface area contributed by atoms with Crippen LogP contribution in [-0.4, -0.2) is 27.0 Å². The van der Waals surface area contributed by atoms with Crippen molar-refractivity contribution in [1.29, 1.82) is 0 Å². The van der Waals surface area contributed by atoms with Crippen LogP contribution in [0.15, 0.2) is 12.3 Å². The first-order chi connectivity index (χ1) is 7.24. The number of nitrogens with zero attached hydrogens (tertiary/aromatic N) is 2. The van der Waals surface area contributed by atoms with Gasteiger partial charge in [-0.25, -0.2) is 0 Å². The number of aryl methyl sites for hydroxylation is 1. The van der Waals surface area contributed by atoms with E-state index < -0.39 is 0 Å². The second-order valence-electron chi connectivity index (χ2n) is 4.44. The van der Waals surface area contributed by atoms with Gasteiger partial charge in [0.2, 0.25) is 0 Å². The first kappa shape index (κ1) is 13.5. The molecule has 1 aromatic rings. The molecule has 0 spiro atoms. The van der Waals surface area contributed by atoms with Crippen LogP contribution in [0.4, 0.5) is 0 Å². The summed E-state index contributed by atoms with van der Waals surface area (Å²) in [5.41, 5.74) is 1.26. The van der Waals surface area contributed by atoms with Gasteiger partial charge in [-0.05, 0) is 31.7 Å². The molecule has 0 aromatic carbocycles. The fourth-order valence-corrected chi connectivity index (χ4v) is 2.17. The van der Waals surface area contributed by atoms with Crippen molar-refractivity contribution in [2.45, 2.75) is 37.8 Å². The topological polar surface area (TPSA) is 50.1 Å². The first-order valence-electron chi connectivity index (χ1n) is 5.59. The summed E-state index contributed by atoms with van der Waals surface area (Å²) in [5.74, 6) is 0. The molecule has 2 N–H and O–H groups in total. The van der Waals surface area contributed by atoms with Gasteiger partial charge in [0, 0.05) is 31.9 Å². The molecule has 1 aromatic heterocycles. The predicted octanol–water partition coefficient (Wildman–Crippen LogP) is 1.24. The lowest BCUT2D eigenvalue weighted by Crippen LogP contribution is -2.51. The second kappa shape index (κ2) is 5.66. The van der Waals surface area contributed by atoms with Gasteiger partial charge in [-0.2, -0.15) is 5.10 Å². The third-order valence-electron chi connectivity index (χ3n) is 3.31. The minimum atomic E-state index is 0. The molecule has 1 saturated carbocycles. The lowest BCUT2D eigenvalue weighted by molar-refractivity contribution is 0.129. The maximum absolute atomic E-state index is 9.01. The van der Waals surface area contributed by atoms with Crippen molar-refractivity contribution in [1.82, 2.24) is 15.1 Å².